The lowest BCUT2D eigenvalue weighted by Crippen LogP contribution is -2.24. The number of aryl methyl sites for hydroxylation is 2. The van der Waals surface area contributed by atoms with E-state index < -0.39 is 22.0 Å². The second-order valence-electron chi connectivity index (χ2n) is 8.26. The van der Waals surface area contributed by atoms with E-state index in [4.69, 9.17) is 9.73 Å². The van der Waals surface area contributed by atoms with Crippen molar-refractivity contribution in [2.75, 3.05) is 11.8 Å². The lowest BCUT2D eigenvalue weighted by molar-refractivity contribution is -0.146. The third kappa shape index (κ3) is 4.41. The highest BCUT2D eigenvalue weighted by Gasteiger charge is 2.38. The van der Waals surface area contributed by atoms with Crippen LogP contribution in [-0.4, -0.2) is 42.0 Å². The van der Waals surface area contributed by atoms with Crippen molar-refractivity contribution in [2.24, 2.45) is 10.9 Å². The number of esters is 1. The van der Waals surface area contributed by atoms with Crippen molar-refractivity contribution in [1.29, 1.82) is 0 Å². The molecule has 2 aromatic heterocycles. The van der Waals surface area contributed by atoms with Crippen molar-refractivity contribution in [1.82, 2.24) is 14.8 Å². The number of hydrogen-bond acceptors (Lipinski definition) is 8. The number of nitrogens with zero attached hydrogens (tertiary/aromatic N) is 4. The van der Waals surface area contributed by atoms with Crippen LogP contribution < -0.4 is 4.72 Å². The molecule has 35 heavy (non-hydrogen) atoms. The molecule has 3 aromatic rings. The first kappa shape index (κ1) is 24.8. The molecule has 0 amide bonds. The average Bonchev–Trinajstić information content (AvgIpc) is 3.31. The highest BCUT2D eigenvalue weighted by molar-refractivity contribution is 7.95. The highest BCUT2D eigenvalue weighted by Crippen LogP contribution is 2.41. The molecule has 0 spiro atoms. The monoisotopic (exact) mass is 513 g/mol. The fourth-order valence-electron chi connectivity index (χ4n) is 4.19. The van der Waals surface area contributed by atoms with Gasteiger partial charge in [0.05, 0.1) is 18.7 Å². The van der Waals surface area contributed by atoms with E-state index in [0.717, 1.165) is 32.0 Å². The molecule has 0 bridgehead atoms. The van der Waals surface area contributed by atoms with Gasteiger partial charge in [-0.1, -0.05) is 25.6 Å². The standard InChI is InChI=1S/C24H27N5O4S2/c1-7-18(24(30)33-6)21-22-27-26-15(5)29(22)23-19(13(3)14(4)34-23)20(25-21)16-9-11-17(12-10-16)28-35(31,32)8-2/h8-12,18,21,28H,2,7H2,1,3-6H3/t18-,21+/m1/s1. The molecule has 3 heterocycles. The Morgan fingerprint density at radius 2 is 1.94 bits per heavy atom. The van der Waals surface area contributed by atoms with Gasteiger partial charge in [0.2, 0.25) is 0 Å². The molecule has 4 rings (SSSR count). The smallest absolute Gasteiger partial charge is 0.311 e. The lowest BCUT2D eigenvalue weighted by Gasteiger charge is -2.20. The molecule has 2 atom stereocenters. The molecular weight excluding hydrogens is 486 g/mol. The van der Waals surface area contributed by atoms with E-state index in [-0.39, 0.29) is 5.97 Å². The molecule has 0 radical (unpaired) electrons. The molecule has 0 saturated heterocycles. The minimum Gasteiger partial charge on any atom is -0.469 e. The van der Waals surface area contributed by atoms with E-state index in [1.807, 2.05) is 37.5 Å². The fourth-order valence-corrected chi connectivity index (χ4v) is 5.95. The SMILES string of the molecule is C=CS(=O)(=O)Nc1ccc(C2=N[C@@H]([C@@H](CC)C(=O)OC)c3nnc(C)n3-c3sc(C)c(C)c32)cc1. The van der Waals surface area contributed by atoms with E-state index in [9.17, 15) is 13.2 Å². The van der Waals surface area contributed by atoms with Crippen LogP contribution in [0.25, 0.3) is 5.00 Å². The largest absolute Gasteiger partial charge is 0.469 e. The Balaban J connectivity index is 1.94. The molecule has 9 nitrogen and oxygen atoms in total. The summed E-state index contributed by atoms with van der Waals surface area (Å²) in [5.41, 5.74) is 3.92. The molecule has 1 aliphatic rings. The third-order valence-electron chi connectivity index (χ3n) is 6.15. The van der Waals surface area contributed by atoms with Gasteiger partial charge < -0.3 is 4.74 Å². The Morgan fingerprint density at radius 1 is 1.26 bits per heavy atom. The predicted octanol–water partition coefficient (Wildman–Crippen LogP) is 4.23. The summed E-state index contributed by atoms with van der Waals surface area (Å²) in [6.07, 6.45) is 0.508. The number of anilines is 1. The van der Waals surface area contributed by atoms with Gasteiger partial charge in [-0.05, 0) is 44.9 Å². The van der Waals surface area contributed by atoms with E-state index >= 15 is 0 Å². The average molecular weight is 514 g/mol. The van der Waals surface area contributed by atoms with E-state index in [0.29, 0.717) is 29.5 Å². The summed E-state index contributed by atoms with van der Waals surface area (Å²) in [4.78, 5) is 19.0. The van der Waals surface area contributed by atoms with Crippen molar-refractivity contribution in [3.8, 4) is 5.00 Å². The summed E-state index contributed by atoms with van der Waals surface area (Å²) in [7, 11) is -2.25. The maximum Gasteiger partial charge on any atom is 0.311 e. The van der Waals surface area contributed by atoms with Crippen LogP contribution in [0, 0.1) is 26.7 Å². The first-order valence-corrected chi connectivity index (χ1v) is 13.4. The molecule has 11 heteroatoms. The number of carbonyl (C=O) groups is 1. The molecule has 0 aliphatic carbocycles. The van der Waals surface area contributed by atoms with Crippen LogP contribution in [0.1, 0.15) is 52.6 Å². The number of carbonyl (C=O) groups excluding carboxylic acids is 1. The zero-order valence-electron chi connectivity index (χ0n) is 20.2. The summed E-state index contributed by atoms with van der Waals surface area (Å²) >= 11 is 1.62. The number of aromatic nitrogens is 3. The van der Waals surface area contributed by atoms with E-state index in [1.165, 1.54) is 7.11 Å². The number of aliphatic imine (C=N–C) groups is 1. The van der Waals surface area contributed by atoms with Gasteiger partial charge in [-0.25, -0.2) is 8.42 Å². The third-order valence-corrected chi connectivity index (χ3v) is 8.30. The topological polar surface area (TPSA) is 116 Å². The van der Waals surface area contributed by atoms with Gasteiger partial charge in [0.25, 0.3) is 10.0 Å². The van der Waals surface area contributed by atoms with Crippen LogP contribution >= 0.6 is 11.3 Å². The van der Waals surface area contributed by atoms with Crippen LogP contribution in [0.2, 0.25) is 0 Å². The van der Waals surface area contributed by atoms with Crippen molar-refractivity contribution < 1.29 is 17.9 Å². The number of thiophene rings is 1. The normalized spacial score (nSPS) is 15.9. The Bertz CT molecular complexity index is 1440. The summed E-state index contributed by atoms with van der Waals surface area (Å²) < 4.78 is 33.3. The molecule has 0 fully saturated rings. The van der Waals surface area contributed by atoms with Crippen LogP contribution in [0.3, 0.4) is 0 Å². The Kier molecular flexibility index (Phi) is 6.65. The van der Waals surface area contributed by atoms with Crippen LogP contribution in [0.15, 0.2) is 41.2 Å². The molecule has 1 N–H and O–H groups in total. The number of ether oxygens (including phenoxy) is 1. The molecular formula is C24H27N5O4S2. The summed E-state index contributed by atoms with van der Waals surface area (Å²) in [5, 5.41) is 10.5. The fraction of sp³-hybridized carbons (Fsp3) is 0.333. The van der Waals surface area contributed by atoms with Gasteiger partial charge in [0.1, 0.15) is 16.9 Å². The van der Waals surface area contributed by atoms with Crippen molar-refractivity contribution in [2.45, 2.75) is 40.2 Å². The maximum atomic E-state index is 12.7. The predicted molar refractivity (Wildman–Crippen MR) is 137 cm³/mol. The summed E-state index contributed by atoms with van der Waals surface area (Å²) in [6.45, 7) is 11.2. The first-order chi connectivity index (χ1) is 16.6. The molecule has 184 valence electrons. The number of rotatable bonds is 7. The van der Waals surface area contributed by atoms with Gasteiger partial charge in [-0.3, -0.25) is 19.1 Å². The number of nitrogens with one attached hydrogen (secondary N) is 1. The van der Waals surface area contributed by atoms with Crippen molar-refractivity contribution in [3.05, 3.63) is 69.5 Å². The Morgan fingerprint density at radius 3 is 2.54 bits per heavy atom. The molecule has 0 saturated carbocycles. The lowest BCUT2D eigenvalue weighted by atomic mass is 9.95. The number of benzene rings is 1. The van der Waals surface area contributed by atoms with Crippen LogP contribution in [-0.2, 0) is 19.6 Å². The Labute approximate surface area is 208 Å². The van der Waals surface area contributed by atoms with Gasteiger partial charge >= 0.3 is 5.97 Å². The van der Waals surface area contributed by atoms with Crippen molar-refractivity contribution in [3.63, 3.8) is 0 Å². The second kappa shape index (κ2) is 9.38. The number of sulfonamides is 1. The van der Waals surface area contributed by atoms with Gasteiger partial charge in [-0.15, -0.1) is 21.5 Å². The van der Waals surface area contributed by atoms with Gasteiger partial charge in [0.15, 0.2) is 5.82 Å². The minimum absolute atomic E-state index is 0.361. The van der Waals surface area contributed by atoms with E-state index in [1.54, 1.807) is 23.5 Å². The highest BCUT2D eigenvalue weighted by atomic mass is 32.2. The summed E-state index contributed by atoms with van der Waals surface area (Å²) in [5.74, 6) is 0.386. The molecule has 1 aliphatic heterocycles. The van der Waals surface area contributed by atoms with E-state index in [2.05, 4.69) is 28.4 Å². The number of methoxy groups -OCH3 is 1. The van der Waals surface area contributed by atoms with Crippen LogP contribution in [0.4, 0.5) is 5.69 Å². The number of hydrogen-bond donors (Lipinski definition) is 1. The quantitative estimate of drug-likeness (QED) is 0.473. The zero-order chi connectivity index (χ0) is 25.5. The minimum atomic E-state index is -3.62. The second-order valence-corrected chi connectivity index (χ2v) is 11.1. The van der Waals surface area contributed by atoms with Crippen molar-refractivity contribution >= 4 is 38.7 Å². The molecule has 1 aromatic carbocycles. The molecule has 0 unspecified atom stereocenters. The summed E-state index contributed by atoms with van der Waals surface area (Å²) in [6, 6.07) is 6.37. The first-order valence-electron chi connectivity index (χ1n) is 11.1. The van der Waals surface area contributed by atoms with Crippen LogP contribution in [0.5, 0.6) is 0 Å². The van der Waals surface area contributed by atoms with Gasteiger partial charge in [-0.2, -0.15) is 0 Å². The maximum absolute atomic E-state index is 12.7. The van der Waals surface area contributed by atoms with Gasteiger partial charge in [0, 0.05) is 27.1 Å². The number of fused-ring (bicyclic) bond motifs is 3. The zero-order valence-corrected chi connectivity index (χ0v) is 21.8. The Hall–Kier alpha value is -3.31.